The summed E-state index contributed by atoms with van der Waals surface area (Å²) in [5.41, 5.74) is 1.62. The molecule has 0 bridgehead atoms. The Morgan fingerprint density at radius 2 is 1.42 bits per heavy atom. The number of amides is 2. The van der Waals surface area contributed by atoms with Crippen molar-refractivity contribution in [1.29, 1.82) is 0 Å². The molecular weight excluding hydrogens is 332 g/mol. The second-order valence-corrected chi connectivity index (χ2v) is 5.61. The summed E-state index contributed by atoms with van der Waals surface area (Å²) in [6, 6.07) is 11.8. The Morgan fingerprint density at radius 1 is 0.885 bits per heavy atom. The minimum atomic E-state index is -0.287. The van der Waals surface area contributed by atoms with Gasteiger partial charge in [0.1, 0.15) is 11.5 Å². The van der Waals surface area contributed by atoms with E-state index in [1.165, 1.54) is 14.2 Å². The average molecular weight is 356 g/mol. The Hall–Kier alpha value is -3.02. The van der Waals surface area contributed by atoms with Crippen molar-refractivity contribution < 1.29 is 19.1 Å². The molecule has 2 aromatic carbocycles. The van der Waals surface area contributed by atoms with Gasteiger partial charge in [-0.2, -0.15) is 0 Å². The summed E-state index contributed by atoms with van der Waals surface area (Å²) in [5, 5.41) is 2.81. The summed E-state index contributed by atoms with van der Waals surface area (Å²) >= 11 is 0. The van der Waals surface area contributed by atoms with Gasteiger partial charge in [0.2, 0.25) is 0 Å². The molecule has 0 aromatic heterocycles. The molecule has 0 saturated heterocycles. The van der Waals surface area contributed by atoms with E-state index in [1.807, 2.05) is 13.8 Å². The van der Waals surface area contributed by atoms with E-state index >= 15 is 0 Å². The van der Waals surface area contributed by atoms with E-state index in [4.69, 9.17) is 9.47 Å². The summed E-state index contributed by atoms with van der Waals surface area (Å²) in [6.07, 6.45) is 0. The third-order valence-electron chi connectivity index (χ3n) is 4.05. The molecule has 0 atom stereocenters. The number of rotatable bonds is 7. The van der Waals surface area contributed by atoms with Crippen LogP contribution in [0.3, 0.4) is 0 Å². The predicted molar refractivity (Wildman–Crippen MR) is 101 cm³/mol. The van der Waals surface area contributed by atoms with E-state index in [-0.39, 0.29) is 11.8 Å². The zero-order valence-electron chi connectivity index (χ0n) is 15.5. The maximum Gasteiger partial charge on any atom is 0.255 e. The average Bonchev–Trinajstić information content (AvgIpc) is 2.68. The molecule has 0 radical (unpaired) electrons. The van der Waals surface area contributed by atoms with E-state index in [0.717, 1.165) is 0 Å². The summed E-state index contributed by atoms with van der Waals surface area (Å²) in [4.78, 5) is 26.5. The molecule has 1 N–H and O–H groups in total. The largest absolute Gasteiger partial charge is 0.497 e. The Morgan fingerprint density at radius 3 is 1.88 bits per heavy atom. The van der Waals surface area contributed by atoms with Crippen LogP contribution < -0.4 is 14.8 Å². The Balaban J connectivity index is 2.14. The van der Waals surface area contributed by atoms with Gasteiger partial charge >= 0.3 is 0 Å². The SMILES string of the molecule is CCN(CC)C(=O)c1ccc(NC(=O)c2cc(OC)cc(OC)c2)cc1. The molecule has 0 saturated carbocycles. The van der Waals surface area contributed by atoms with E-state index in [1.54, 1.807) is 47.4 Å². The van der Waals surface area contributed by atoms with Gasteiger partial charge in [-0.25, -0.2) is 0 Å². The van der Waals surface area contributed by atoms with Gasteiger partial charge in [-0.05, 0) is 50.2 Å². The van der Waals surface area contributed by atoms with Crippen molar-refractivity contribution >= 4 is 17.5 Å². The van der Waals surface area contributed by atoms with E-state index in [9.17, 15) is 9.59 Å². The fraction of sp³-hybridized carbons (Fsp3) is 0.300. The third kappa shape index (κ3) is 4.53. The molecular formula is C20H24N2O4. The standard InChI is InChI=1S/C20H24N2O4/c1-5-22(6-2)20(24)14-7-9-16(10-8-14)21-19(23)15-11-17(25-3)13-18(12-15)26-4/h7-13H,5-6H2,1-4H3,(H,21,23). The van der Waals surface area contributed by atoms with Crippen molar-refractivity contribution in [3.8, 4) is 11.5 Å². The number of benzene rings is 2. The van der Waals surface area contributed by atoms with Crippen LogP contribution in [0.4, 0.5) is 5.69 Å². The Bertz CT molecular complexity index is 746. The Labute approximate surface area is 153 Å². The molecule has 0 unspecified atom stereocenters. The monoisotopic (exact) mass is 356 g/mol. The fourth-order valence-electron chi connectivity index (χ4n) is 2.53. The molecule has 138 valence electrons. The molecule has 2 aromatic rings. The zero-order valence-corrected chi connectivity index (χ0v) is 15.5. The van der Waals surface area contributed by atoms with Gasteiger partial charge in [-0.15, -0.1) is 0 Å². The maximum atomic E-state index is 12.5. The van der Waals surface area contributed by atoms with Crippen LogP contribution in [0, 0.1) is 0 Å². The first-order chi connectivity index (χ1) is 12.5. The van der Waals surface area contributed by atoms with Crippen LogP contribution in [0.1, 0.15) is 34.6 Å². The molecule has 2 amide bonds. The van der Waals surface area contributed by atoms with Crippen molar-refractivity contribution in [3.05, 3.63) is 53.6 Å². The van der Waals surface area contributed by atoms with Crippen LogP contribution in [-0.2, 0) is 0 Å². The van der Waals surface area contributed by atoms with Gasteiger partial charge in [-0.3, -0.25) is 9.59 Å². The number of methoxy groups -OCH3 is 2. The first kappa shape index (κ1) is 19.3. The molecule has 0 fully saturated rings. The number of nitrogens with zero attached hydrogens (tertiary/aromatic N) is 1. The molecule has 26 heavy (non-hydrogen) atoms. The lowest BCUT2D eigenvalue weighted by molar-refractivity contribution is 0.0773. The number of carbonyl (C=O) groups excluding carboxylic acids is 2. The van der Waals surface area contributed by atoms with Crippen LogP contribution in [0.5, 0.6) is 11.5 Å². The number of hydrogen-bond acceptors (Lipinski definition) is 4. The van der Waals surface area contributed by atoms with Gasteiger partial charge in [0.25, 0.3) is 11.8 Å². The van der Waals surface area contributed by atoms with Crippen molar-refractivity contribution in [1.82, 2.24) is 4.90 Å². The highest BCUT2D eigenvalue weighted by Crippen LogP contribution is 2.23. The van der Waals surface area contributed by atoms with Gasteiger partial charge in [0.15, 0.2) is 0 Å². The molecule has 6 heteroatoms. The first-order valence-corrected chi connectivity index (χ1v) is 8.46. The molecule has 0 spiro atoms. The second-order valence-electron chi connectivity index (χ2n) is 5.61. The number of hydrogen-bond donors (Lipinski definition) is 1. The molecule has 0 aliphatic carbocycles. The number of carbonyl (C=O) groups is 2. The summed E-state index contributed by atoms with van der Waals surface area (Å²) in [6.45, 7) is 5.20. The zero-order chi connectivity index (χ0) is 19.1. The smallest absolute Gasteiger partial charge is 0.255 e. The minimum Gasteiger partial charge on any atom is -0.497 e. The third-order valence-corrected chi connectivity index (χ3v) is 4.05. The van der Waals surface area contributed by atoms with Crippen molar-refractivity contribution in [2.24, 2.45) is 0 Å². The van der Waals surface area contributed by atoms with Gasteiger partial charge in [0.05, 0.1) is 14.2 Å². The second kappa shape index (κ2) is 8.89. The highest BCUT2D eigenvalue weighted by atomic mass is 16.5. The quantitative estimate of drug-likeness (QED) is 0.825. The number of anilines is 1. The van der Waals surface area contributed by atoms with Crippen LogP contribution >= 0.6 is 0 Å². The van der Waals surface area contributed by atoms with Gasteiger partial charge in [-0.1, -0.05) is 0 Å². The van der Waals surface area contributed by atoms with Crippen molar-refractivity contribution in [2.45, 2.75) is 13.8 Å². The molecule has 6 nitrogen and oxygen atoms in total. The van der Waals surface area contributed by atoms with Crippen molar-refractivity contribution in [2.75, 3.05) is 32.6 Å². The normalized spacial score (nSPS) is 10.2. The topological polar surface area (TPSA) is 67.9 Å². The Kier molecular flexibility index (Phi) is 6.60. The lowest BCUT2D eigenvalue weighted by Crippen LogP contribution is -2.30. The predicted octanol–water partition coefficient (Wildman–Crippen LogP) is 3.44. The van der Waals surface area contributed by atoms with E-state index < -0.39 is 0 Å². The fourth-order valence-corrected chi connectivity index (χ4v) is 2.53. The summed E-state index contributed by atoms with van der Waals surface area (Å²) in [7, 11) is 3.06. The van der Waals surface area contributed by atoms with Crippen molar-refractivity contribution in [3.63, 3.8) is 0 Å². The number of nitrogens with one attached hydrogen (secondary N) is 1. The van der Waals surface area contributed by atoms with E-state index in [2.05, 4.69) is 5.32 Å². The van der Waals surface area contributed by atoms with Crippen LogP contribution in [-0.4, -0.2) is 44.0 Å². The number of ether oxygens (including phenoxy) is 2. The van der Waals surface area contributed by atoms with Crippen LogP contribution in [0.25, 0.3) is 0 Å². The molecule has 0 aliphatic heterocycles. The first-order valence-electron chi connectivity index (χ1n) is 8.46. The van der Waals surface area contributed by atoms with Gasteiger partial charge < -0.3 is 19.7 Å². The maximum absolute atomic E-state index is 12.5. The van der Waals surface area contributed by atoms with E-state index in [0.29, 0.717) is 41.4 Å². The van der Waals surface area contributed by atoms with Gasteiger partial charge in [0, 0.05) is 36.0 Å². The highest BCUT2D eigenvalue weighted by molar-refractivity contribution is 6.05. The summed E-state index contributed by atoms with van der Waals surface area (Å²) in [5.74, 6) is 0.764. The van der Waals surface area contributed by atoms with Crippen LogP contribution in [0.15, 0.2) is 42.5 Å². The van der Waals surface area contributed by atoms with Crippen LogP contribution in [0.2, 0.25) is 0 Å². The molecule has 0 aliphatic rings. The lowest BCUT2D eigenvalue weighted by Gasteiger charge is -2.18. The lowest BCUT2D eigenvalue weighted by atomic mass is 10.1. The molecule has 2 rings (SSSR count). The summed E-state index contributed by atoms with van der Waals surface area (Å²) < 4.78 is 10.4. The molecule has 0 heterocycles. The minimum absolute atomic E-state index is 0.0228. The highest BCUT2D eigenvalue weighted by Gasteiger charge is 2.13.